The number of allylic oxidation sites excluding steroid dienone is 2. The summed E-state index contributed by atoms with van der Waals surface area (Å²) in [6, 6.07) is 9.72. The minimum atomic E-state index is -1.34. The molecule has 3 N–H and O–H groups in total. The molecule has 1 aromatic carbocycles. The first kappa shape index (κ1) is 47.2. The van der Waals surface area contributed by atoms with E-state index in [2.05, 4.69) is 26.0 Å². The van der Waals surface area contributed by atoms with Gasteiger partial charge in [-0.2, -0.15) is 0 Å². The Bertz CT molecular complexity index is 1230. The maximum Gasteiger partial charge on any atom is 0.330 e. The van der Waals surface area contributed by atoms with Gasteiger partial charge < -0.3 is 25.0 Å². The van der Waals surface area contributed by atoms with Crippen molar-refractivity contribution in [2.75, 3.05) is 11.4 Å². The number of rotatable bonds is 32. The number of aliphatic carboxylic acids is 1. The van der Waals surface area contributed by atoms with E-state index in [9.17, 15) is 24.9 Å². The van der Waals surface area contributed by atoms with Crippen LogP contribution in [0.5, 0.6) is 0 Å². The predicted octanol–water partition coefficient (Wildman–Crippen LogP) is 12.4. The highest BCUT2D eigenvalue weighted by Gasteiger charge is 2.44. The lowest BCUT2D eigenvalue weighted by Gasteiger charge is -2.45. The molecule has 0 bridgehead atoms. The predicted molar refractivity (Wildman–Crippen MR) is 231 cm³/mol. The van der Waals surface area contributed by atoms with E-state index in [0.717, 1.165) is 50.5 Å². The fourth-order valence-electron chi connectivity index (χ4n) is 9.34. The standard InChI is InChI=1S/C48H78ClNO5/c1-3-5-6-7-8-9-10-11-12-13-14-15-16-17-18-25-37-50(40-28-21-19-22-29-40)48(36-38-51,46(54)55)35-24-20-23-30-41-42(44(52)39-43(41)49)31-26-32-45(53)47(4-2)33-27-34-47/h19-23,26,28-29,31,38,41-45,52-53H,3-18,24-25,27,30,32-37,39H2,1-2H3,(H,54,55)/t41-,42-,43-,44-,45+,48?/m1/s1. The Morgan fingerprint density at radius 1 is 0.891 bits per heavy atom. The largest absolute Gasteiger partial charge is 0.479 e. The normalized spacial score (nSPS) is 22.5. The Hall–Kier alpha value is -2.15. The number of aldehydes is 1. The summed E-state index contributed by atoms with van der Waals surface area (Å²) in [4.78, 5) is 27.2. The number of anilines is 1. The average molecular weight is 785 g/mol. The number of carboxylic acids is 1. The molecule has 1 unspecified atom stereocenters. The first-order valence-corrected chi connectivity index (χ1v) is 23.0. The van der Waals surface area contributed by atoms with Gasteiger partial charge in [-0.25, -0.2) is 4.79 Å². The van der Waals surface area contributed by atoms with Crippen molar-refractivity contribution in [2.24, 2.45) is 17.3 Å². The molecular formula is C48H78ClNO5. The zero-order valence-electron chi connectivity index (χ0n) is 34.7. The molecule has 55 heavy (non-hydrogen) atoms. The topological polar surface area (TPSA) is 98.1 Å². The van der Waals surface area contributed by atoms with Crippen LogP contribution in [0.25, 0.3) is 0 Å². The molecule has 6 nitrogen and oxygen atoms in total. The highest BCUT2D eigenvalue weighted by atomic mass is 35.5. The van der Waals surface area contributed by atoms with Crippen LogP contribution in [0.2, 0.25) is 0 Å². The van der Waals surface area contributed by atoms with E-state index in [-0.39, 0.29) is 35.2 Å². The van der Waals surface area contributed by atoms with E-state index in [0.29, 0.717) is 38.6 Å². The molecule has 1 aromatic rings. The molecular weight excluding hydrogens is 706 g/mol. The number of aliphatic hydroxyl groups is 2. The Balaban J connectivity index is 1.49. The van der Waals surface area contributed by atoms with Crippen LogP contribution in [-0.2, 0) is 9.59 Å². The van der Waals surface area contributed by atoms with Gasteiger partial charge in [-0.05, 0) is 81.3 Å². The fraction of sp³-hybridized carbons (Fsp3) is 0.750. The van der Waals surface area contributed by atoms with Crippen LogP contribution in [0.15, 0.2) is 54.6 Å². The molecule has 3 rings (SSSR count). The summed E-state index contributed by atoms with van der Waals surface area (Å²) in [5.74, 6) is -0.993. The highest BCUT2D eigenvalue weighted by molar-refractivity contribution is 6.21. The lowest BCUT2D eigenvalue weighted by atomic mass is 9.63. The summed E-state index contributed by atoms with van der Waals surface area (Å²) >= 11 is 6.75. The smallest absolute Gasteiger partial charge is 0.330 e. The monoisotopic (exact) mass is 784 g/mol. The van der Waals surface area contributed by atoms with Gasteiger partial charge in [0.05, 0.1) is 12.2 Å². The van der Waals surface area contributed by atoms with Crippen LogP contribution in [-0.4, -0.2) is 57.2 Å². The van der Waals surface area contributed by atoms with E-state index in [1.807, 2.05) is 47.4 Å². The molecule has 312 valence electrons. The fourth-order valence-corrected chi connectivity index (χ4v) is 9.79. The molecule has 2 fully saturated rings. The number of alkyl halides is 1. The number of halogens is 1. The lowest BCUT2D eigenvalue weighted by molar-refractivity contribution is -0.145. The first-order valence-electron chi connectivity index (χ1n) is 22.6. The molecule has 2 aliphatic rings. The number of carbonyl (C=O) groups excluding carboxylic acids is 1. The number of benzene rings is 1. The molecule has 6 atom stereocenters. The quantitative estimate of drug-likeness (QED) is 0.0291. The van der Waals surface area contributed by atoms with Crippen molar-refractivity contribution in [3.05, 3.63) is 54.6 Å². The van der Waals surface area contributed by atoms with Gasteiger partial charge in [0.2, 0.25) is 0 Å². The molecule has 2 aliphatic carbocycles. The van der Waals surface area contributed by atoms with Gasteiger partial charge in [-0.1, -0.05) is 159 Å². The maximum absolute atomic E-state index is 13.2. The van der Waals surface area contributed by atoms with Crippen molar-refractivity contribution in [3.63, 3.8) is 0 Å². The summed E-state index contributed by atoms with van der Waals surface area (Å²) in [5.41, 5.74) is -0.458. The van der Waals surface area contributed by atoms with E-state index in [1.165, 1.54) is 89.9 Å². The zero-order chi connectivity index (χ0) is 39.8. The second kappa shape index (κ2) is 26.7. The maximum atomic E-state index is 13.2. The van der Waals surface area contributed by atoms with Gasteiger partial charge in [0.25, 0.3) is 0 Å². The van der Waals surface area contributed by atoms with Gasteiger partial charge in [-0.15, -0.1) is 11.6 Å². The van der Waals surface area contributed by atoms with Crippen LogP contribution in [0.3, 0.4) is 0 Å². The minimum absolute atomic E-state index is 0.0483. The molecule has 7 heteroatoms. The highest BCUT2D eigenvalue weighted by Crippen LogP contribution is 2.48. The molecule has 0 saturated heterocycles. The number of carbonyl (C=O) groups is 2. The summed E-state index contributed by atoms with van der Waals surface area (Å²) < 4.78 is 0. The van der Waals surface area contributed by atoms with E-state index >= 15 is 0 Å². The van der Waals surface area contributed by atoms with Gasteiger partial charge in [0, 0.05) is 29.9 Å². The van der Waals surface area contributed by atoms with Gasteiger partial charge >= 0.3 is 5.97 Å². The lowest BCUT2D eigenvalue weighted by Crippen LogP contribution is -2.56. The summed E-state index contributed by atoms with van der Waals surface area (Å²) in [7, 11) is 0. The van der Waals surface area contributed by atoms with Crippen molar-refractivity contribution >= 4 is 29.5 Å². The van der Waals surface area contributed by atoms with Crippen molar-refractivity contribution in [1.82, 2.24) is 0 Å². The van der Waals surface area contributed by atoms with Crippen LogP contribution in [0.1, 0.15) is 181 Å². The van der Waals surface area contributed by atoms with Gasteiger partial charge in [0.15, 0.2) is 0 Å². The number of hydrogen-bond donors (Lipinski definition) is 3. The van der Waals surface area contributed by atoms with E-state index in [4.69, 9.17) is 11.6 Å². The van der Waals surface area contributed by atoms with Crippen LogP contribution in [0.4, 0.5) is 5.69 Å². The number of aliphatic hydroxyl groups excluding tert-OH is 2. The number of unbranched alkanes of at least 4 members (excludes halogenated alkanes) is 15. The molecule has 0 spiro atoms. The van der Waals surface area contributed by atoms with Gasteiger partial charge in [-0.3, -0.25) is 0 Å². The zero-order valence-corrected chi connectivity index (χ0v) is 35.5. The summed E-state index contributed by atoms with van der Waals surface area (Å²) in [5, 5.41) is 32.3. The molecule has 0 aliphatic heterocycles. The number of nitrogens with zero attached hydrogens (tertiary/aromatic N) is 1. The molecule has 0 radical (unpaired) electrons. The first-order chi connectivity index (χ1) is 26.7. The Kier molecular flexibility index (Phi) is 22.9. The van der Waals surface area contributed by atoms with Crippen LogP contribution < -0.4 is 4.90 Å². The molecule has 0 aromatic heterocycles. The molecule has 0 amide bonds. The molecule has 2 saturated carbocycles. The Labute approximate surface area is 340 Å². The minimum Gasteiger partial charge on any atom is -0.479 e. The van der Waals surface area contributed by atoms with Crippen molar-refractivity contribution in [2.45, 2.75) is 204 Å². The van der Waals surface area contributed by atoms with Crippen molar-refractivity contribution in [3.8, 4) is 0 Å². The Morgan fingerprint density at radius 2 is 1.47 bits per heavy atom. The number of hydrogen-bond acceptors (Lipinski definition) is 5. The van der Waals surface area contributed by atoms with Crippen LogP contribution in [0, 0.1) is 17.3 Å². The third-order valence-electron chi connectivity index (χ3n) is 13.3. The van der Waals surface area contributed by atoms with E-state index < -0.39 is 17.6 Å². The second-order valence-electron chi connectivity index (χ2n) is 17.1. The molecule has 0 heterocycles. The van der Waals surface area contributed by atoms with Crippen molar-refractivity contribution < 1.29 is 24.9 Å². The number of para-hydroxylation sites is 1. The summed E-state index contributed by atoms with van der Waals surface area (Å²) in [6.45, 7) is 5.02. The van der Waals surface area contributed by atoms with Gasteiger partial charge in [0.1, 0.15) is 11.8 Å². The Morgan fingerprint density at radius 3 is 1.98 bits per heavy atom. The number of carboxylic acid groups (broad SMARTS) is 1. The second-order valence-corrected chi connectivity index (χ2v) is 17.6. The van der Waals surface area contributed by atoms with Crippen molar-refractivity contribution in [1.29, 1.82) is 0 Å². The SMILES string of the molecule is CCCCCCCCCCCCCCCCCCN(c1ccccc1)C(CC=O)(CCC=CC[C@@H]1[C@@H](C=CC[C@H](O)C2(CC)CCC2)[C@H](O)C[C@H]1Cl)C(=O)O. The average Bonchev–Trinajstić information content (AvgIpc) is 3.43. The third kappa shape index (κ3) is 15.3. The third-order valence-corrected chi connectivity index (χ3v) is 13.8. The van der Waals surface area contributed by atoms with E-state index in [1.54, 1.807) is 0 Å². The summed E-state index contributed by atoms with van der Waals surface area (Å²) in [6.07, 6.45) is 35.5. The van der Waals surface area contributed by atoms with Crippen LogP contribution >= 0.6 is 11.6 Å².